The molecule has 112 valence electrons. The van der Waals surface area contributed by atoms with Crippen LogP contribution in [0.2, 0.25) is 0 Å². The van der Waals surface area contributed by atoms with Crippen molar-refractivity contribution in [2.75, 3.05) is 4.90 Å². The summed E-state index contributed by atoms with van der Waals surface area (Å²) in [5.74, 6) is -1.30. The number of nitrogens with zero attached hydrogens (tertiary/aromatic N) is 1. The lowest BCUT2D eigenvalue weighted by atomic mass is 9.96. The second kappa shape index (κ2) is 4.83. The Labute approximate surface area is 127 Å². The molecule has 2 atom stereocenters. The Kier molecular flexibility index (Phi) is 3.35. The fraction of sp³-hybridized carbons (Fsp3) is 0.429. The van der Waals surface area contributed by atoms with E-state index in [1.165, 1.54) is 6.07 Å². The van der Waals surface area contributed by atoms with Crippen molar-refractivity contribution in [2.45, 2.75) is 25.4 Å². The van der Waals surface area contributed by atoms with Gasteiger partial charge in [-0.15, -0.1) is 0 Å². The monoisotopic (exact) mass is 361 g/mol. The third-order valence-corrected chi connectivity index (χ3v) is 4.76. The van der Waals surface area contributed by atoms with Gasteiger partial charge in [0.25, 0.3) is 0 Å². The number of carbonyl (C=O) groups is 2. The van der Waals surface area contributed by atoms with E-state index in [9.17, 15) is 22.8 Å². The number of fused-ring (bicyclic) bond motifs is 2. The number of amides is 2. The van der Waals surface area contributed by atoms with E-state index in [0.717, 1.165) is 17.0 Å². The van der Waals surface area contributed by atoms with Gasteiger partial charge < -0.3 is 0 Å². The number of hydrogen-bond donors (Lipinski definition) is 0. The molecule has 1 heterocycles. The molecule has 1 saturated heterocycles. The molecule has 7 heteroatoms. The fourth-order valence-corrected chi connectivity index (χ4v) is 3.43. The molecular weight excluding hydrogens is 351 g/mol. The normalized spacial score (nSPS) is 25.6. The molecule has 2 bridgehead atoms. The Morgan fingerprint density at radius 2 is 1.67 bits per heavy atom. The molecule has 0 spiro atoms. The number of halogens is 4. The van der Waals surface area contributed by atoms with Crippen molar-refractivity contribution in [3.8, 4) is 0 Å². The first-order valence-electron chi connectivity index (χ1n) is 6.53. The quantitative estimate of drug-likeness (QED) is 0.714. The molecule has 21 heavy (non-hydrogen) atoms. The number of benzene rings is 1. The Morgan fingerprint density at radius 3 is 2.19 bits per heavy atom. The second-order valence-corrected chi connectivity index (χ2v) is 6.24. The SMILES string of the molecule is O=C1C2CCC(C2)C(=O)N1c1cc(C(F)(F)F)ccc1Br. The summed E-state index contributed by atoms with van der Waals surface area (Å²) in [7, 11) is 0. The Morgan fingerprint density at radius 1 is 1.10 bits per heavy atom. The summed E-state index contributed by atoms with van der Waals surface area (Å²) in [6.45, 7) is 0. The summed E-state index contributed by atoms with van der Waals surface area (Å²) in [6, 6.07) is 2.99. The van der Waals surface area contributed by atoms with Crippen LogP contribution in [0.15, 0.2) is 22.7 Å². The van der Waals surface area contributed by atoms with Crippen LogP contribution in [0.25, 0.3) is 0 Å². The topological polar surface area (TPSA) is 37.4 Å². The summed E-state index contributed by atoms with van der Waals surface area (Å²) in [4.78, 5) is 25.5. The summed E-state index contributed by atoms with van der Waals surface area (Å²) < 4.78 is 38.8. The third-order valence-electron chi connectivity index (χ3n) is 4.09. The highest BCUT2D eigenvalue weighted by Crippen LogP contribution is 2.43. The van der Waals surface area contributed by atoms with E-state index < -0.39 is 23.6 Å². The fourth-order valence-electron chi connectivity index (χ4n) is 3.00. The number of imide groups is 1. The highest BCUT2D eigenvalue weighted by atomic mass is 79.9. The molecule has 2 fully saturated rings. The molecule has 1 aliphatic carbocycles. The zero-order chi connectivity index (χ0) is 15.4. The molecule has 1 aliphatic heterocycles. The molecule has 2 aliphatic rings. The van der Waals surface area contributed by atoms with E-state index in [2.05, 4.69) is 15.9 Å². The minimum atomic E-state index is -4.52. The van der Waals surface area contributed by atoms with Crippen LogP contribution < -0.4 is 4.90 Å². The van der Waals surface area contributed by atoms with Gasteiger partial charge >= 0.3 is 6.18 Å². The van der Waals surface area contributed by atoms with Crippen molar-refractivity contribution in [1.82, 2.24) is 0 Å². The number of alkyl halides is 3. The van der Waals surface area contributed by atoms with Crippen LogP contribution in [0, 0.1) is 11.8 Å². The van der Waals surface area contributed by atoms with Crippen molar-refractivity contribution >= 4 is 33.4 Å². The molecular formula is C14H11BrF3NO2. The minimum Gasteiger partial charge on any atom is -0.274 e. The van der Waals surface area contributed by atoms with Gasteiger partial charge in [-0.2, -0.15) is 13.2 Å². The number of hydrogen-bond acceptors (Lipinski definition) is 2. The Bertz CT molecular complexity index is 607. The highest BCUT2D eigenvalue weighted by Gasteiger charge is 2.46. The van der Waals surface area contributed by atoms with Crippen LogP contribution in [-0.4, -0.2) is 11.8 Å². The molecule has 0 aromatic heterocycles. The molecule has 3 nitrogen and oxygen atoms in total. The van der Waals surface area contributed by atoms with Gasteiger partial charge in [0, 0.05) is 16.3 Å². The molecule has 2 amide bonds. The molecule has 0 radical (unpaired) electrons. The van der Waals surface area contributed by atoms with Crippen LogP contribution in [-0.2, 0) is 15.8 Å². The third kappa shape index (κ3) is 2.37. The maximum absolute atomic E-state index is 12.8. The van der Waals surface area contributed by atoms with E-state index >= 15 is 0 Å². The summed E-state index contributed by atoms with van der Waals surface area (Å²) in [5.41, 5.74) is -0.893. The molecule has 1 aromatic rings. The van der Waals surface area contributed by atoms with Crippen LogP contribution >= 0.6 is 15.9 Å². The van der Waals surface area contributed by atoms with Gasteiger partial charge in [-0.1, -0.05) is 0 Å². The van der Waals surface area contributed by atoms with Crippen molar-refractivity contribution in [3.63, 3.8) is 0 Å². The van der Waals surface area contributed by atoms with E-state index in [0.29, 0.717) is 23.7 Å². The molecule has 0 N–H and O–H groups in total. The van der Waals surface area contributed by atoms with Crippen molar-refractivity contribution in [1.29, 1.82) is 0 Å². The number of piperidine rings is 1. The summed E-state index contributed by atoms with van der Waals surface area (Å²) in [6.07, 6.45) is -2.74. The van der Waals surface area contributed by atoms with Gasteiger partial charge in [-0.25, -0.2) is 4.90 Å². The maximum atomic E-state index is 12.8. The Hall–Kier alpha value is -1.37. The van der Waals surface area contributed by atoms with Crippen LogP contribution in [0.3, 0.4) is 0 Å². The van der Waals surface area contributed by atoms with Crippen molar-refractivity contribution in [2.24, 2.45) is 11.8 Å². The lowest BCUT2D eigenvalue weighted by Crippen LogP contribution is -2.46. The predicted molar refractivity (Wildman–Crippen MR) is 72.5 cm³/mol. The zero-order valence-corrected chi connectivity index (χ0v) is 12.4. The molecule has 2 unspecified atom stereocenters. The first-order chi connectivity index (χ1) is 9.79. The smallest absolute Gasteiger partial charge is 0.274 e. The van der Waals surface area contributed by atoms with Gasteiger partial charge in [-0.3, -0.25) is 9.59 Å². The van der Waals surface area contributed by atoms with E-state index in [4.69, 9.17) is 0 Å². The largest absolute Gasteiger partial charge is 0.416 e. The average molecular weight is 362 g/mol. The number of anilines is 1. The van der Waals surface area contributed by atoms with Crippen molar-refractivity contribution < 1.29 is 22.8 Å². The first kappa shape index (κ1) is 14.6. The summed E-state index contributed by atoms with van der Waals surface area (Å²) in [5, 5.41) is 0. The van der Waals surface area contributed by atoms with Gasteiger partial charge in [0.1, 0.15) is 0 Å². The highest BCUT2D eigenvalue weighted by molar-refractivity contribution is 9.10. The van der Waals surface area contributed by atoms with Gasteiger partial charge in [-0.05, 0) is 53.4 Å². The Balaban J connectivity index is 2.07. The maximum Gasteiger partial charge on any atom is 0.416 e. The van der Waals surface area contributed by atoms with Crippen LogP contribution in [0.1, 0.15) is 24.8 Å². The first-order valence-corrected chi connectivity index (χ1v) is 7.33. The summed E-state index contributed by atoms with van der Waals surface area (Å²) >= 11 is 3.13. The molecule has 3 rings (SSSR count). The predicted octanol–water partition coefficient (Wildman–Crippen LogP) is 3.76. The van der Waals surface area contributed by atoms with Crippen LogP contribution in [0.5, 0.6) is 0 Å². The number of rotatable bonds is 1. The van der Waals surface area contributed by atoms with Gasteiger partial charge in [0.15, 0.2) is 0 Å². The van der Waals surface area contributed by atoms with E-state index in [-0.39, 0.29) is 17.5 Å². The van der Waals surface area contributed by atoms with Crippen molar-refractivity contribution in [3.05, 3.63) is 28.2 Å². The molecule has 1 saturated carbocycles. The van der Waals surface area contributed by atoms with E-state index in [1.54, 1.807) is 0 Å². The zero-order valence-electron chi connectivity index (χ0n) is 10.8. The number of carbonyl (C=O) groups excluding carboxylic acids is 2. The van der Waals surface area contributed by atoms with Crippen LogP contribution in [0.4, 0.5) is 18.9 Å². The lowest BCUT2D eigenvalue weighted by molar-refractivity contribution is -0.138. The minimum absolute atomic E-state index is 0.0172. The van der Waals surface area contributed by atoms with E-state index in [1.807, 2.05) is 0 Å². The van der Waals surface area contributed by atoms with Gasteiger partial charge in [0.05, 0.1) is 11.3 Å². The standard InChI is InChI=1S/C14H11BrF3NO2/c15-10-4-3-9(14(16,17)18)6-11(10)19-12(20)7-1-2-8(5-7)13(19)21/h3-4,6-8H,1-2,5H2. The average Bonchev–Trinajstić information content (AvgIpc) is 2.84. The van der Waals surface area contributed by atoms with Gasteiger partial charge in [0.2, 0.25) is 11.8 Å². The lowest BCUT2D eigenvalue weighted by Gasteiger charge is -2.30. The molecule has 1 aromatic carbocycles. The second-order valence-electron chi connectivity index (χ2n) is 5.38.